The van der Waals surface area contributed by atoms with Crippen LogP contribution in [-0.2, 0) is 11.0 Å². The molecule has 0 aliphatic carbocycles. The lowest BCUT2D eigenvalue weighted by Gasteiger charge is -2.37. The monoisotopic (exact) mass is 448 g/mol. The van der Waals surface area contributed by atoms with Crippen molar-refractivity contribution in [3.63, 3.8) is 0 Å². The molecule has 2 heterocycles. The third kappa shape index (κ3) is 4.38. The van der Waals surface area contributed by atoms with Crippen molar-refractivity contribution in [2.45, 2.75) is 25.1 Å². The van der Waals surface area contributed by atoms with E-state index in [2.05, 4.69) is 4.98 Å². The van der Waals surface area contributed by atoms with E-state index in [-0.39, 0.29) is 5.02 Å². The minimum atomic E-state index is -4.58. The third-order valence-corrected chi connectivity index (χ3v) is 6.16. The number of benzene rings is 2. The van der Waals surface area contributed by atoms with Gasteiger partial charge in [-0.25, -0.2) is 0 Å². The molecule has 0 saturated carbocycles. The maximum atomic E-state index is 13.6. The number of carboxylic acid groups (broad SMARTS) is 1. The van der Waals surface area contributed by atoms with Gasteiger partial charge in [-0.3, -0.25) is 14.7 Å². The molecule has 8 heteroatoms. The lowest BCUT2D eigenvalue weighted by Crippen LogP contribution is -2.39. The summed E-state index contributed by atoms with van der Waals surface area (Å²) in [4.78, 5) is 17.8. The molecule has 162 valence electrons. The number of aromatic nitrogens is 1. The molecule has 3 aromatic rings. The van der Waals surface area contributed by atoms with Gasteiger partial charge in [-0.15, -0.1) is 0 Å². The van der Waals surface area contributed by atoms with E-state index in [1.807, 2.05) is 35.2 Å². The van der Waals surface area contributed by atoms with Crippen molar-refractivity contribution in [2.24, 2.45) is 5.92 Å². The van der Waals surface area contributed by atoms with E-state index in [4.69, 9.17) is 11.6 Å². The maximum Gasteiger partial charge on any atom is 0.417 e. The molecule has 2 aromatic carbocycles. The number of hydrogen-bond acceptors (Lipinski definition) is 3. The van der Waals surface area contributed by atoms with E-state index in [1.165, 1.54) is 6.07 Å². The van der Waals surface area contributed by atoms with Gasteiger partial charge in [-0.05, 0) is 61.3 Å². The van der Waals surface area contributed by atoms with E-state index in [1.54, 1.807) is 12.3 Å². The van der Waals surface area contributed by atoms with Crippen LogP contribution in [0.5, 0.6) is 0 Å². The normalized spacial score (nSPS) is 17.0. The van der Waals surface area contributed by atoms with Gasteiger partial charge in [0.2, 0.25) is 0 Å². The lowest BCUT2D eigenvalue weighted by atomic mass is 9.89. The fourth-order valence-corrected chi connectivity index (χ4v) is 4.50. The number of alkyl halides is 3. The molecule has 0 spiro atoms. The van der Waals surface area contributed by atoms with Gasteiger partial charge in [-0.1, -0.05) is 35.9 Å². The zero-order valence-corrected chi connectivity index (χ0v) is 17.2. The van der Waals surface area contributed by atoms with Crippen molar-refractivity contribution in [1.29, 1.82) is 0 Å². The fraction of sp³-hybridized carbons (Fsp3) is 0.304. The first-order valence-corrected chi connectivity index (χ1v) is 10.3. The summed E-state index contributed by atoms with van der Waals surface area (Å²) in [5, 5.41) is 9.83. The Morgan fingerprint density at radius 1 is 1.13 bits per heavy atom. The van der Waals surface area contributed by atoms with Crippen LogP contribution in [0.15, 0.2) is 54.7 Å². The summed E-state index contributed by atoms with van der Waals surface area (Å²) in [6.45, 7) is 0.921. The number of aliphatic carboxylic acids is 1. The third-order valence-electron chi connectivity index (χ3n) is 5.83. The van der Waals surface area contributed by atoms with Crippen LogP contribution in [0.25, 0.3) is 10.9 Å². The minimum absolute atomic E-state index is 0.348. The van der Waals surface area contributed by atoms with Crippen LogP contribution in [0, 0.1) is 5.92 Å². The molecular formula is C23H20ClF3N2O2. The molecule has 1 unspecified atom stereocenters. The van der Waals surface area contributed by atoms with Gasteiger partial charge < -0.3 is 5.11 Å². The van der Waals surface area contributed by atoms with Crippen LogP contribution < -0.4 is 0 Å². The van der Waals surface area contributed by atoms with Gasteiger partial charge >= 0.3 is 12.1 Å². The Balaban J connectivity index is 1.84. The molecule has 1 aliphatic heterocycles. The van der Waals surface area contributed by atoms with E-state index < -0.39 is 29.7 Å². The molecule has 1 aliphatic rings. The molecule has 31 heavy (non-hydrogen) atoms. The van der Waals surface area contributed by atoms with Gasteiger partial charge in [-0.2, -0.15) is 13.2 Å². The zero-order valence-electron chi connectivity index (χ0n) is 16.4. The largest absolute Gasteiger partial charge is 0.481 e. The molecule has 0 amide bonds. The van der Waals surface area contributed by atoms with Crippen LogP contribution in [0.4, 0.5) is 13.2 Å². The van der Waals surface area contributed by atoms with Crippen LogP contribution in [-0.4, -0.2) is 34.0 Å². The van der Waals surface area contributed by atoms with Crippen LogP contribution in [0.2, 0.25) is 5.02 Å². The average Bonchev–Trinajstić information content (AvgIpc) is 2.75. The Kier molecular flexibility index (Phi) is 5.90. The topological polar surface area (TPSA) is 53.4 Å². The first-order chi connectivity index (χ1) is 14.8. The number of pyridine rings is 1. The summed E-state index contributed by atoms with van der Waals surface area (Å²) in [7, 11) is 0. The predicted octanol–water partition coefficient (Wildman–Crippen LogP) is 5.79. The van der Waals surface area contributed by atoms with Gasteiger partial charge in [0.1, 0.15) is 0 Å². The molecular weight excluding hydrogens is 429 g/mol. The molecule has 0 radical (unpaired) electrons. The Bertz CT molecular complexity index is 1110. The molecule has 1 fully saturated rings. The summed E-state index contributed by atoms with van der Waals surface area (Å²) in [6, 6.07) is 12.8. The molecule has 1 saturated heterocycles. The highest BCUT2D eigenvalue weighted by Crippen LogP contribution is 2.40. The van der Waals surface area contributed by atoms with Crippen molar-refractivity contribution < 1.29 is 23.1 Å². The van der Waals surface area contributed by atoms with Gasteiger partial charge in [0.05, 0.1) is 28.1 Å². The molecule has 1 aromatic heterocycles. The Labute approximate surface area is 182 Å². The SMILES string of the molecule is O=C(O)C1CCN(C(c2ccc(Cl)c(C(F)(F)F)c2)c2ccnc3ccccc23)CC1. The molecule has 4 nitrogen and oxygen atoms in total. The van der Waals surface area contributed by atoms with E-state index in [0.29, 0.717) is 31.5 Å². The van der Waals surface area contributed by atoms with Gasteiger partial charge in [0, 0.05) is 11.6 Å². The molecule has 1 N–H and O–H groups in total. The summed E-state index contributed by atoms with van der Waals surface area (Å²) in [5.74, 6) is -1.28. The van der Waals surface area contributed by atoms with Crippen molar-refractivity contribution >= 4 is 28.5 Å². The number of nitrogens with zero attached hydrogens (tertiary/aromatic N) is 2. The van der Waals surface area contributed by atoms with Crippen molar-refractivity contribution in [2.75, 3.05) is 13.1 Å². The van der Waals surface area contributed by atoms with Crippen molar-refractivity contribution in [3.05, 3.63) is 76.4 Å². The lowest BCUT2D eigenvalue weighted by molar-refractivity contribution is -0.143. The predicted molar refractivity (Wildman–Crippen MR) is 112 cm³/mol. The first kappa shape index (κ1) is 21.6. The number of carbonyl (C=O) groups is 1. The summed E-state index contributed by atoms with van der Waals surface area (Å²) in [5.41, 5.74) is 1.16. The molecule has 0 bridgehead atoms. The minimum Gasteiger partial charge on any atom is -0.481 e. The highest BCUT2D eigenvalue weighted by Gasteiger charge is 2.36. The number of rotatable bonds is 4. The number of fused-ring (bicyclic) bond motifs is 1. The summed E-state index contributed by atoms with van der Waals surface area (Å²) in [6.07, 6.45) is -2.05. The number of likely N-dealkylation sites (tertiary alicyclic amines) is 1. The molecule has 4 rings (SSSR count). The molecule has 1 atom stereocenters. The standard InChI is InChI=1S/C23H20ClF3N2O2/c24-19-6-5-15(13-18(19)23(25,26)27)21(29-11-8-14(9-12-29)22(30)31)17-7-10-28-20-4-2-1-3-16(17)20/h1-7,10,13-14,21H,8-9,11-12H2,(H,30,31). The Morgan fingerprint density at radius 3 is 2.52 bits per heavy atom. The van der Waals surface area contributed by atoms with Crippen molar-refractivity contribution in [3.8, 4) is 0 Å². The van der Waals surface area contributed by atoms with Gasteiger partial charge in [0.15, 0.2) is 0 Å². The summed E-state index contributed by atoms with van der Waals surface area (Å²) < 4.78 is 40.7. The van der Waals surface area contributed by atoms with Crippen LogP contribution >= 0.6 is 11.6 Å². The second-order valence-electron chi connectivity index (χ2n) is 7.71. The zero-order chi connectivity index (χ0) is 22.2. The maximum absolute atomic E-state index is 13.6. The van der Waals surface area contributed by atoms with Crippen molar-refractivity contribution in [1.82, 2.24) is 9.88 Å². The number of carboxylic acids is 1. The van der Waals surface area contributed by atoms with Gasteiger partial charge in [0.25, 0.3) is 0 Å². The summed E-state index contributed by atoms with van der Waals surface area (Å²) >= 11 is 5.86. The first-order valence-electron chi connectivity index (χ1n) is 9.93. The number of para-hydroxylation sites is 1. The fourth-order valence-electron chi connectivity index (χ4n) is 4.28. The number of hydrogen-bond donors (Lipinski definition) is 1. The smallest absolute Gasteiger partial charge is 0.417 e. The average molecular weight is 449 g/mol. The second-order valence-corrected chi connectivity index (χ2v) is 8.11. The second kappa shape index (κ2) is 8.48. The van der Waals surface area contributed by atoms with E-state index in [9.17, 15) is 23.1 Å². The Hall–Kier alpha value is -2.64. The van der Waals surface area contributed by atoms with Crippen LogP contribution in [0.1, 0.15) is 35.6 Å². The number of piperidine rings is 1. The number of halogens is 4. The highest BCUT2D eigenvalue weighted by atomic mass is 35.5. The Morgan fingerprint density at radius 2 is 1.84 bits per heavy atom. The van der Waals surface area contributed by atoms with Crippen LogP contribution in [0.3, 0.4) is 0 Å². The van der Waals surface area contributed by atoms with E-state index in [0.717, 1.165) is 22.5 Å². The van der Waals surface area contributed by atoms with E-state index >= 15 is 0 Å². The highest BCUT2D eigenvalue weighted by molar-refractivity contribution is 6.31. The quantitative estimate of drug-likeness (QED) is 0.548.